The van der Waals surface area contributed by atoms with Crippen molar-refractivity contribution in [3.8, 4) is 0 Å². The molecular formula is C37H74O12S4Si8. The molecule has 0 N–H and O–H groups in total. The van der Waals surface area contributed by atoms with Crippen molar-refractivity contribution in [3.63, 3.8) is 0 Å². The summed E-state index contributed by atoms with van der Waals surface area (Å²) < 4.78 is 69.7. The predicted molar refractivity (Wildman–Crippen MR) is 278 cm³/mol. The van der Waals surface area contributed by atoms with Gasteiger partial charge in [-0.05, 0) is 37.2 Å². The predicted octanol–water partition coefficient (Wildman–Crippen LogP) is 6.97. The van der Waals surface area contributed by atoms with Crippen molar-refractivity contribution in [2.75, 3.05) is 65.7 Å². The van der Waals surface area contributed by atoms with Crippen LogP contribution >= 0.6 is 46.8 Å². The average molecular weight is 1060 g/mol. The van der Waals surface area contributed by atoms with Crippen LogP contribution in [0.4, 0.5) is 0 Å². The van der Waals surface area contributed by atoms with Crippen molar-refractivity contribution in [1.82, 2.24) is 0 Å². The molecule has 0 radical (unpaired) electrons. The molecule has 6 aliphatic rings. The average Bonchev–Trinajstić information content (AvgIpc) is 3.17. The van der Waals surface area contributed by atoms with Crippen LogP contribution in [0.25, 0.3) is 0 Å². The van der Waals surface area contributed by atoms with Crippen LogP contribution in [0.3, 0.4) is 0 Å². The standard InChI is InChI=1S/C18H34O6S2Si4.C12H20O6SSi3.C6H16SSi.CH4/c1-19-29(20-2,21-3)17-9-11-18(12-10-17)30-22-28(23-30,24-30)16-8-14-26-25-13-7-15-27(4,5)6;1-13-21(14-2,15-3)11-5-7-12(8-6-11)22-16-20(17-22,18-22)10-4-9-19;1-8(2,3)6-4-5-7;/h9-12H,7-8,13-16H2,1-6H3;5-8,19H,4,9-10H2,1-3H3;7H,4-6H2,1-3H3;1H4. The van der Waals surface area contributed by atoms with Gasteiger partial charge in [0.05, 0.1) is 0 Å². The number of rotatable bonds is 25. The third-order valence-electron chi connectivity index (χ3n) is 10.2. The first kappa shape index (κ1) is 56.4. The molecule has 2 aromatic rings. The molecule has 350 valence electrons. The Labute approximate surface area is 395 Å². The molecule has 4 bridgehead atoms. The maximum absolute atomic E-state index is 6.22. The molecular weight excluding hydrogens is 989 g/mol. The van der Waals surface area contributed by atoms with E-state index in [9.17, 15) is 0 Å². The topological polar surface area (TPSA) is 111 Å². The summed E-state index contributed by atoms with van der Waals surface area (Å²) in [4.78, 5) is 0. The molecule has 6 heterocycles. The largest absolute Gasteiger partial charge is 0.536 e. The van der Waals surface area contributed by atoms with Gasteiger partial charge in [0.15, 0.2) is 0 Å². The third kappa shape index (κ3) is 14.3. The highest BCUT2D eigenvalue weighted by Gasteiger charge is 2.83. The Morgan fingerprint density at radius 1 is 0.475 bits per heavy atom. The Morgan fingerprint density at radius 3 is 1.08 bits per heavy atom. The SMILES string of the molecule is C.CO[Si](OC)(OC)c1ccc([Si]23O[Si](CCCS)(O2)O3)cc1.CO[Si](OC)(OC)c1ccc([Si]23O[Si](CCCSSCCC[Si](C)(C)C)(O2)O3)cc1.C[Si](C)(C)CCCS. The lowest BCUT2D eigenvalue weighted by Crippen LogP contribution is -2.92. The molecule has 0 spiro atoms. The number of hydrogen-bond acceptors (Lipinski definition) is 16. The van der Waals surface area contributed by atoms with E-state index in [1.54, 1.807) is 42.7 Å². The quantitative estimate of drug-likeness (QED) is 0.0463. The van der Waals surface area contributed by atoms with Gasteiger partial charge in [-0.3, -0.25) is 0 Å². The van der Waals surface area contributed by atoms with Crippen LogP contribution in [0.1, 0.15) is 33.1 Å². The Bertz CT molecular complexity index is 1550. The van der Waals surface area contributed by atoms with Crippen molar-refractivity contribution in [2.45, 2.75) is 96.6 Å². The number of hydrogen-bond donors (Lipinski definition) is 2. The summed E-state index contributed by atoms with van der Waals surface area (Å²) in [5.74, 6) is 4.27. The molecule has 0 saturated carbocycles. The molecule has 24 heteroatoms. The minimum atomic E-state index is -2.81. The highest BCUT2D eigenvalue weighted by atomic mass is 33.1. The van der Waals surface area contributed by atoms with Gasteiger partial charge in [0, 0.05) is 103 Å². The van der Waals surface area contributed by atoms with Crippen molar-refractivity contribution in [3.05, 3.63) is 48.5 Å². The second-order valence-corrected chi connectivity index (χ2v) is 49.9. The van der Waals surface area contributed by atoms with Gasteiger partial charge in [-0.25, -0.2) is 0 Å². The molecule has 61 heavy (non-hydrogen) atoms. The molecule has 0 amide bonds. The highest BCUT2D eigenvalue weighted by Crippen LogP contribution is 2.50. The van der Waals surface area contributed by atoms with Crippen LogP contribution in [0.2, 0.25) is 63.5 Å². The number of benzene rings is 2. The van der Waals surface area contributed by atoms with Crippen LogP contribution in [0.5, 0.6) is 0 Å². The summed E-state index contributed by atoms with van der Waals surface area (Å²) in [6.07, 6.45) is 4.70. The van der Waals surface area contributed by atoms with Crippen LogP contribution in [0.15, 0.2) is 48.5 Å². The number of thiol groups is 2. The molecule has 0 atom stereocenters. The van der Waals surface area contributed by atoms with E-state index in [-0.39, 0.29) is 7.43 Å². The van der Waals surface area contributed by atoms with Crippen LogP contribution < -0.4 is 20.7 Å². The van der Waals surface area contributed by atoms with E-state index in [1.807, 2.05) is 70.1 Å². The lowest BCUT2D eigenvalue weighted by molar-refractivity contribution is -0.0219. The Morgan fingerprint density at radius 2 is 0.787 bits per heavy atom. The van der Waals surface area contributed by atoms with Gasteiger partial charge in [-0.15, -0.1) is 0 Å². The van der Waals surface area contributed by atoms with E-state index in [0.29, 0.717) is 0 Å². The van der Waals surface area contributed by atoms with E-state index in [2.05, 4.69) is 64.5 Å². The van der Waals surface area contributed by atoms with E-state index in [1.165, 1.54) is 30.7 Å². The molecule has 8 rings (SSSR count). The summed E-state index contributed by atoms with van der Waals surface area (Å²) in [6.45, 7) is 14.5. The van der Waals surface area contributed by atoms with Crippen molar-refractivity contribution >= 4 is 137 Å². The lowest BCUT2D eigenvalue weighted by atomic mass is 10.4. The van der Waals surface area contributed by atoms with Gasteiger partial charge in [-0.2, -0.15) is 25.3 Å². The normalized spacial score (nSPS) is 25.0. The van der Waals surface area contributed by atoms with Crippen LogP contribution in [-0.4, -0.2) is 135 Å². The van der Waals surface area contributed by atoms with Crippen molar-refractivity contribution < 1.29 is 51.2 Å². The minimum Gasteiger partial charge on any atom is -0.373 e. The van der Waals surface area contributed by atoms with Crippen molar-refractivity contribution in [2.24, 2.45) is 0 Å². The molecule has 0 aliphatic carbocycles. The molecule has 6 fully saturated rings. The fourth-order valence-electron chi connectivity index (χ4n) is 6.93. The van der Waals surface area contributed by atoms with Gasteiger partial charge in [0.1, 0.15) is 0 Å². The van der Waals surface area contributed by atoms with Gasteiger partial charge >= 0.3 is 52.8 Å². The fraction of sp³-hybridized carbons (Fsp3) is 0.676. The summed E-state index contributed by atoms with van der Waals surface area (Å²) in [5, 5.41) is 3.78. The highest BCUT2D eigenvalue weighted by molar-refractivity contribution is 8.76. The molecule has 0 aromatic heterocycles. The van der Waals surface area contributed by atoms with E-state index < -0.39 is 69.0 Å². The first-order chi connectivity index (χ1) is 28.4. The van der Waals surface area contributed by atoms with Crippen LogP contribution in [0, 0.1) is 0 Å². The maximum atomic E-state index is 6.22. The summed E-state index contributed by atoms with van der Waals surface area (Å²) >= 11 is 8.36. The summed E-state index contributed by atoms with van der Waals surface area (Å²) in [5.41, 5.74) is 0. The first-order valence-electron chi connectivity index (χ1n) is 20.6. The zero-order valence-electron chi connectivity index (χ0n) is 37.7. The van der Waals surface area contributed by atoms with E-state index in [4.69, 9.17) is 51.2 Å². The second kappa shape index (κ2) is 24.4. The minimum absolute atomic E-state index is 0. The van der Waals surface area contributed by atoms with E-state index in [0.717, 1.165) is 62.9 Å². The molecule has 6 saturated heterocycles. The smallest absolute Gasteiger partial charge is 0.373 e. The van der Waals surface area contributed by atoms with Gasteiger partial charge in [0.25, 0.3) is 0 Å². The summed E-state index contributed by atoms with van der Waals surface area (Å²) in [7, 11) is -3.30. The molecule has 2 aromatic carbocycles. The van der Waals surface area contributed by atoms with Gasteiger partial charge in [-0.1, -0.05) is 129 Å². The Kier molecular flexibility index (Phi) is 22.6. The Balaban J connectivity index is 0.000000280. The molecule has 6 aliphatic heterocycles. The summed E-state index contributed by atoms with van der Waals surface area (Å²) in [6, 6.07) is 20.3. The second-order valence-electron chi connectivity index (χ2n) is 17.2. The first-order valence-corrected chi connectivity index (χ1v) is 42.5. The lowest BCUT2D eigenvalue weighted by Gasteiger charge is -2.63. The van der Waals surface area contributed by atoms with Gasteiger partial charge < -0.3 is 51.2 Å². The van der Waals surface area contributed by atoms with Crippen LogP contribution in [-0.2, 0) is 51.2 Å². The van der Waals surface area contributed by atoms with Gasteiger partial charge in [0.2, 0.25) is 0 Å². The maximum Gasteiger partial charge on any atom is 0.536 e. The fourth-order valence-corrected chi connectivity index (χ4v) is 34.4. The Hall–Kier alpha value is 1.10. The monoisotopic (exact) mass is 1060 g/mol. The van der Waals surface area contributed by atoms with Crippen molar-refractivity contribution in [1.29, 1.82) is 0 Å². The third-order valence-corrected chi connectivity index (χ3v) is 40.4. The molecule has 12 nitrogen and oxygen atoms in total. The zero-order valence-corrected chi connectivity index (χ0v) is 49.1. The molecule has 0 unspecified atom stereocenters. The van der Waals surface area contributed by atoms with E-state index >= 15 is 0 Å². The zero-order chi connectivity index (χ0) is 44.4.